The van der Waals surface area contributed by atoms with Crippen molar-refractivity contribution in [1.29, 1.82) is 0 Å². The Labute approximate surface area is 135 Å². The molecule has 0 saturated heterocycles. The molecule has 2 saturated carbocycles. The van der Waals surface area contributed by atoms with E-state index in [4.69, 9.17) is 4.74 Å². The second kappa shape index (κ2) is 6.77. The van der Waals surface area contributed by atoms with Gasteiger partial charge in [-0.25, -0.2) is 4.79 Å². The average molecular weight is 310 g/mol. The maximum atomic E-state index is 12.1. The molecule has 0 aromatic carbocycles. The number of ether oxygens (including phenoxy) is 1. The van der Waals surface area contributed by atoms with Crippen molar-refractivity contribution in [1.82, 2.24) is 10.6 Å². The van der Waals surface area contributed by atoms with Gasteiger partial charge in [-0.3, -0.25) is 0 Å². The fourth-order valence-corrected chi connectivity index (χ4v) is 3.67. The number of alkyl carbamates (subject to hydrolysis) is 1. The Morgan fingerprint density at radius 2 is 1.86 bits per heavy atom. The van der Waals surface area contributed by atoms with Gasteiger partial charge < -0.3 is 15.4 Å². The van der Waals surface area contributed by atoms with Crippen LogP contribution in [0.2, 0.25) is 0 Å². The summed E-state index contributed by atoms with van der Waals surface area (Å²) in [4.78, 5) is 12.1. The van der Waals surface area contributed by atoms with Crippen molar-refractivity contribution < 1.29 is 9.53 Å². The third-order valence-corrected chi connectivity index (χ3v) is 5.49. The molecule has 2 rings (SSSR count). The predicted molar refractivity (Wildman–Crippen MR) is 89.9 cm³/mol. The lowest BCUT2D eigenvalue weighted by Gasteiger charge is -2.45. The zero-order valence-electron chi connectivity index (χ0n) is 15.0. The van der Waals surface area contributed by atoms with Crippen LogP contribution in [0.5, 0.6) is 0 Å². The summed E-state index contributed by atoms with van der Waals surface area (Å²) in [5.41, 5.74) is -0.529. The lowest BCUT2D eigenvalue weighted by Crippen LogP contribution is -2.61. The topological polar surface area (TPSA) is 50.4 Å². The van der Waals surface area contributed by atoms with Gasteiger partial charge in [-0.05, 0) is 58.3 Å². The Bertz CT molecular complexity index is 385. The van der Waals surface area contributed by atoms with Crippen LogP contribution in [0.3, 0.4) is 0 Å². The van der Waals surface area contributed by atoms with Crippen molar-refractivity contribution in [3.63, 3.8) is 0 Å². The monoisotopic (exact) mass is 310 g/mol. The van der Waals surface area contributed by atoms with Crippen molar-refractivity contribution in [3.8, 4) is 0 Å². The minimum absolute atomic E-state index is 0.0945. The highest BCUT2D eigenvalue weighted by Gasteiger charge is 2.40. The van der Waals surface area contributed by atoms with Crippen LogP contribution in [-0.2, 0) is 4.74 Å². The van der Waals surface area contributed by atoms with Gasteiger partial charge in [0.05, 0.1) is 5.54 Å². The van der Waals surface area contributed by atoms with Gasteiger partial charge in [0.2, 0.25) is 0 Å². The number of hydrogen-bond acceptors (Lipinski definition) is 3. The van der Waals surface area contributed by atoms with E-state index in [0.29, 0.717) is 12.0 Å². The van der Waals surface area contributed by atoms with E-state index in [-0.39, 0.29) is 11.6 Å². The Hall–Kier alpha value is -0.770. The summed E-state index contributed by atoms with van der Waals surface area (Å²) in [6.45, 7) is 11.3. The van der Waals surface area contributed by atoms with E-state index in [1.807, 2.05) is 20.8 Å². The smallest absolute Gasteiger partial charge is 0.408 e. The minimum atomic E-state index is -0.435. The van der Waals surface area contributed by atoms with Crippen LogP contribution in [0.4, 0.5) is 4.79 Å². The molecule has 0 heterocycles. The molecule has 1 amide bonds. The van der Waals surface area contributed by atoms with E-state index in [0.717, 1.165) is 25.3 Å². The molecule has 0 bridgehead atoms. The summed E-state index contributed by atoms with van der Waals surface area (Å²) in [6, 6.07) is 0.585. The van der Waals surface area contributed by atoms with Crippen LogP contribution in [0.15, 0.2) is 0 Å². The molecule has 2 aliphatic carbocycles. The zero-order chi connectivity index (χ0) is 16.4. The quantitative estimate of drug-likeness (QED) is 0.829. The van der Waals surface area contributed by atoms with Crippen LogP contribution in [0, 0.1) is 11.8 Å². The van der Waals surface area contributed by atoms with Crippen LogP contribution < -0.4 is 10.6 Å². The summed E-state index contributed by atoms with van der Waals surface area (Å²) < 4.78 is 5.42. The van der Waals surface area contributed by atoms with Gasteiger partial charge in [0.15, 0.2) is 0 Å². The van der Waals surface area contributed by atoms with E-state index in [9.17, 15) is 4.79 Å². The van der Waals surface area contributed by atoms with Gasteiger partial charge in [-0.2, -0.15) is 0 Å². The zero-order valence-corrected chi connectivity index (χ0v) is 15.0. The number of carbonyl (C=O) groups is 1. The summed E-state index contributed by atoms with van der Waals surface area (Å²) in [7, 11) is 0. The first kappa shape index (κ1) is 17.6. The molecule has 2 N–H and O–H groups in total. The van der Waals surface area contributed by atoms with Gasteiger partial charge in [-0.15, -0.1) is 0 Å². The van der Waals surface area contributed by atoms with E-state index in [2.05, 4.69) is 24.5 Å². The normalized spacial score (nSPS) is 31.2. The third kappa shape index (κ3) is 4.61. The Morgan fingerprint density at radius 3 is 2.41 bits per heavy atom. The molecule has 0 spiro atoms. The SMILES string of the molecule is CC1CCCC(NCC2(NC(=O)OC(C)(C)C)CCC2)C1C. The van der Waals surface area contributed by atoms with Gasteiger partial charge in [-0.1, -0.05) is 26.7 Å². The van der Waals surface area contributed by atoms with Crippen LogP contribution in [0.1, 0.15) is 73.1 Å². The number of amides is 1. The molecule has 2 aliphatic rings. The van der Waals surface area contributed by atoms with E-state index in [1.54, 1.807) is 0 Å². The third-order valence-electron chi connectivity index (χ3n) is 5.49. The maximum Gasteiger partial charge on any atom is 0.408 e. The van der Waals surface area contributed by atoms with E-state index < -0.39 is 5.60 Å². The molecule has 4 heteroatoms. The predicted octanol–water partition coefficient (Wildman–Crippen LogP) is 3.85. The Morgan fingerprint density at radius 1 is 1.18 bits per heavy atom. The lowest BCUT2D eigenvalue weighted by molar-refractivity contribution is 0.0370. The summed E-state index contributed by atoms with van der Waals surface area (Å²) in [5, 5.41) is 6.87. The fraction of sp³-hybridized carbons (Fsp3) is 0.944. The van der Waals surface area contributed by atoms with Crippen molar-refractivity contribution in [2.45, 2.75) is 90.3 Å². The second-order valence-corrected chi connectivity index (χ2v) is 8.52. The molecule has 22 heavy (non-hydrogen) atoms. The molecular weight excluding hydrogens is 276 g/mol. The average Bonchev–Trinajstić information content (AvgIpc) is 2.34. The number of rotatable bonds is 4. The van der Waals surface area contributed by atoms with E-state index in [1.165, 1.54) is 25.7 Å². The van der Waals surface area contributed by atoms with Crippen molar-refractivity contribution in [2.75, 3.05) is 6.54 Å². The Kier molecular flexibility index (Phi) is 5.41. The highest BCUT2D eigenvalue weighted by atomic mass is 16.6. The molecule has 4 nitrogen and oxygen atoms in total. The molecular formula is C18H34N2O2. The molecule has 0 aromatic rings. The molecule has 3 atom stereocenters. The first-order valence-corrected chi connectivity index (χ1v) is 8.95. The number of hydrogen-bond donors (Lipinski definition) is 2. The number of nitrogens with one attached hydrogen (secondary N) is 2. The summed E-state index contributed by atoms with van der Waals surface area (Å²) in [5.74, 6) is 1.51. The second-order valence-electron chi connectivity index (χ2n) is 8.52. The molecule has 0 radical (unpaired) electrons. The first-order valence-electron chi connectivity index (χ1n) is 8.95. The molecule has 0 aliphatic heterocycles. The summed E-state index contributed by atoms with van der Waals surface area (Å²) >= 11 is 0. The number of carbonyl (C=O) groups excluding carboxylic acids is 1. The molecule has 0 aromatic heterocycles. The van der Waals surface area contributed by atoms with E-state index >= 15 is 0 Å². The first-order chi connectivity index (χ1) is 10.2. The van der Waals surface area contributed by atoms with Crippen LogP contribution >= 0.6 is 0 Å². The van der Waals surface area contributed by atoms with Gasteiger partial charge in [0.25, 0.3) is 0 Å². The highest BCUT2D eigenvalue weighted by molar-refractivity contribution is 5.69. The fourth-order valence-electron chi connectivity index (χ4n) is 3.67. The largest absolute Gasteiger partial charge is 0.444 e. The van der Waals surface area contributed by atoms with Gasteiger partial charge in [0.1, 0.15) is 5.60 Å². The molecule has 2 fully saturated rings. The van der Waals surface area contributed by atoms with Gasteiger partial charge >= 0.3 is 6.09 Å². The minimum Gasteiger partial charge on any atom is -0.444 e. The summed E-state index contributed by atoms with van der Waals surface area (Å²) in [6.07, 6.45) is 6.93. The maximum absolute atomic E-state index is 12.1. The molecule has 128 valence electrons. The van der Waals surface area contributed by atoms with Crippen LogP contribution in [0.25, 0.3) is 0 Å². The Balaban J connectivity index is 1.84. The van der Waals surface area contributed by atoms with Crippen molar-refractivity contribution in [3.05, 3.63) is 0 Å². The standard InChI is InChI=1S/C18H34N2O2/c1-13-8-6-9-15(14(13)2)19-12-18(10-7-11-18)20-16(21)22-17(3,4)5/h13-15,19H,6-12H2,1-5H3,(H,20,21). The molecule has 3 unspecified atom stereocenters. The highest BCUT2D eigenvalue weighted by Crippen LogP contribution is 2.34. The van der Waals surface area contributed by atoms with Crippen molar-refractivity contribution >= 4 is 6.09 Å². The van der Waals surface area contributed by atoms with Gasteiger partial charge in [0, 0.05) is 12.6 Å². The van der Waals surface area contributed by atoms with Crippen LogP contribution in [-0.4, -0.2) is 29.8 Å². The van der Waals surface area contributed by atoms with Crippen molar-refractivity contribution in [2.24, 2.45) is 11.8 Å². The lowest BCUT2D eigenvalue weighted by atomic mass is 9.74.